The fourth-order valence-corrected chi connectivity index (χ4v) is 0.312. The number of hydrogen-bond acceptors (Lipinski definition) is 1. The average molecular weight is 116 g/mol. The van der Waals surface area contributed by atoms with Crippen molar-refractivity contribution in [3.63, 3.8) is 0 Å². The number of urea groups is 1. The Labute approximate surface area is 49.7 Å². The molecule has 0 aliphatic rings. The van der Waals surface area contributed by atoms with Crippen molar-refractivity contribution in [1.29, 1.82) is 0 Å². The van der Waals surface area contributed by atoms with Crippen LogP contribution in [-0.4, -0.2) is 24.5 Å². The summed E-state index contributed by atoms with van der Waals surface area (Å²) < 4.78 is 0. The molecule has 3 heteroatoms. The monoisotopic (exact) mass is 116 g/mol. The first-order valence-electron chi connectivity index (χ1n) is 2.60. The highest BCUT2D eigenvalue weighted by molar-refractivity contribution is 5.62. The Morgan fingerprint density at radius 3 is 2.50 bits per heavy atom. The summed E-state index contributed by atoms with van der Waals surface area (Å²) in [6.07, 6.45) is 0. The van der Waals surface area contributed by atoms with Crippen molar-refractivity contribution >= 4 is 6.03 Å². The molecule has 0 fully saturated rings. The first-order chi connectivity index (χ1) is 3.72. The van der Waals surface area contributed by atoms with Crippen molar-refractivity contribution in [3.8, 4) is 0 Å². The van der Waals surface area contributed by atoms with Crippen LogP contribution >= 0.6 is 0 Å². The standard InChI is InChI=1S/C5H12N2O/c1-4-7(3)5(8)6-2/h2,4,6H2,1,3H3. The maximum Gasteiger partial charge on any atom is 0.389 e. The summed E-state index contributed by atoms with van der Waals surface area (Å²) in [5, 5.41) is 1.31. The van der Waals surface area contributed by atoms with Crippen LogP contribution in [0, 0.1) is 7.05 Å². The second-order valence-corrected chi connectivity index (χ2v) is 1.56. The fraction of sp³-hybridized carbons (Fsp3) is 0.600. The van der Waals surface area contributed by atoms with E-state index in [1.54, 1.807) is 11.9 Å². The van der Waals surface area contributed by atoms with Gasteiger partial charge in [0.2, 0.25) is 0 Å². The molecule has 0 radical (unpaired) electrons. The molecule has 0 rings (SSSR count). The van der Waals surface area contributed by atoms with Gasteiger partial charge in [-0.25, -0.2) is 4.79 Å². The van der Waals surface area contributed by atoms with Crippen molar-refractivity contribution in [1.82, 2.24) is 4.90 Å². The summed E-state index contributed by atoms with van der Waals surface area (Å²) in [6, 6.07) is -0.0208. The van der Waals surface area contributed by atoms with Crippen molar-refractivity contribution in [3.05, 3.63) is 7.05 Å². The maximum atomic E-state index is 10.6. The summed E-state index contributed by atoms with van der Waals surface area (Å²) >= 11 is 0. The molecule has 0 heterocycles. The number of nitrogens with two attached hydrogens (primary N) is 1. The van der Waals surface area contributed by atoms with Gasteiger partial charge >= 0.3 is 6.03 Å². The number of nitrogens with zero attached hydrogens (tertiary/aromatic N) is 1. The van der Waals surface area contributed by atoms with E-state index in [9.17, 15) is 4.79 Å². The Bertz CT molecular complexity index is 82.5. The zero-order valence-corrected chi connectivity index (χ0v) is 5.35. The third kappa shape index (κ3) is 1.93. The van der Waals surface area contributed by atoms with Gasteiger partial charge in [-0.15, -0.1) is 7.05 Å². The highest BCUT2D eigenvalue weighted by Crippen LogP contribution is 1.74. The van der Waals surface area contributed by atoms with Crippen LogP contribution in [0.1, 0.15) is 6.92 Å². The van der Waals surface area contributed by atoms with E-state index in [1.807, 2.05) is 6.92 Å². The molecule has 2 N–H and O–H groups in total. The van der Waals surface area contributed by atoms with E-state index in [1.165, 1.54) is 5.32 Å². The second-order valence-electron chi connectivity index (χ2n) is 1.56. The molecule has 0 aromatic carbocycles. The molecule has 2 amide bonds. The first-order valence-corrected chi connectivity index (χ1v) is 2.60. The summed E-state index contributed by atoms with van der Waals surface area (Å²) in [5.74, 6) is 0. The Morgan fingerprint density at radius 1 is 1.88 bits per heavy atom. The zero-order valence-electron chi connectivity index (χ0n) is 5.35. The Morgan fingerprint density at radius 2 is 2.38 bits per heavy atom. The third-order valence-corrected chi connectivity index (χ3v) is 1.03. The van der Waals surface area contributed by atoms with Gasteiger partial charge in [-0.3, -0.25) is 4.90 Å². The topological polar surface area (TPSA) is 36.9 Å². The lowest BCUT2D eigenvalue weighted by Crippen LogP contribution is -2.84. The van der Waals surface area contributed by atoms with Crippen LogP contribution in [0.15, 0.2) is 0 Å². The Kier molecular flexibility index (Phi) is 3.19. The molecule has 0 aliphatic heterocycles. The molecule has 0 bridgehead atoms. The predicted octanol–water partition coefficient (Wildman–Crippen LogP) is -0.587. The number of primary amides is 1. The molecular formula is C5H12N2O. The lowest BCUT2D eigenvalue weighted by Gasteiger charge is -2.10. The second kappa shape index (κ2) is 3.43. The minimum atomic E-state index is -0.0208. The van der Waals surface area contributed by atoms with E-state index in [-0.39, 0.29) is 6.03 Å². The average Bonchev–Trinajstić information content (AvgIpc) is 1.84. The molecule has 0 aliphatic carbocycles. The van der Waals surface area contributed by atoms with Crippen molar-refractivity contribution in [2.24, 2.45) is 0 Å². The first kappa shape index (κ1) is 7.43. The van der Waals surface area contributed by atoms with Crippen molar-refractivity contribution < 1.29 is 10.1 Å². The summed E-state index contributed by atoms with van der Waals surface area (Å²) in [5.41, 5.74) is 0. The van der Waals surface area contributed by atoms with Gasteiger partial charge in [-0.1, -0.05) is 0 Å². The van der Waals surface area contributed by atoms with E-state index >= 15 is 0 Å². The highest BCUT2D eigenvalue weighted by Gasteiger charge is 2.01. The Balaban J connectivity index is 3.46. The van der Waals surface area contributed by atoms with Gasteiger partial charge in [-0.05, 0) is 6.92 Å². The van der Waals surface area contributed by atoms with Crippen LogP contribution in [0.25, 0.3) is 0 Å². The SMILES string of the molecule is [CH2-][NH2+]C(=O)N(C)CC. The molecule has 0 atom stereocenters. The number of hydrogen-bond donors (Lipinski definition) is 1. The minimum absolute atomic E-state index is 0.0208. The van der Waals surface area contributed by atoms with E-state index in [0.717, 1.165) is 6.54 Å². The van der Waals surface area contributed by atoms with E-state index in [4.69, 9.17) is 0 Å². The molecule has 0 unspecified atom stereocenters. The Hall–Kier alpha value is -0.570. The molecule has 8 heavy (non-hydrogen) atoms. The smallest absolute Gasteiger partial charge is 0.389 e. The van der Waals surface area contributed by atoms with Gasteiger partial charge in [0.25, 0.3) is 0 Å². The quantitative estimate of drug-likeness (QED) is 0.457. The third-order valence-electron chi connectivity index (χ3n) is 1.03. The minimum Gasteiger partial charge on any atom is -0.395 e. The van der Waals surface area contributed by atoms with E-state index in [0.29, 0.717) is 0 Å². The van der Waals surface area contributed by atoms with Gasteiger partial charge in [-0.2, -0.15) is 0 Å². The van der Waals surface area contributed by atoms with Gasteiger partial charge in [0.15, 0.2) is 0 Å². The molecule has 0 saturated carbocycles. The number of carbonyl (C=O) groups excluding carboxylic acids is 1. The molecule has 0 aromatic rings. The van der Waals surface area contributed by atoms with E-state index < -0.39 is 0 Å². The van der Waals surface area contributed by atoms with Gasteiger partial charge < -0.3 is 5.32 Å². The molecular weight excluding hydrogens is 104 g/mol. The maximum absolute atomic E-state index is 10.6. The highest BCUT2D eigenvalue weighted by atomic mass is 16.2. The molecule has 48 valence electrons. The van der Waals surface area contributed by atoms with Gasteiger partial charge in [0.05, 0.1) is 0 Å². The molecule has 3 nitrogen and oxygen atoms in total. The lowest BCUT2D eigenvalue weighted by atomic mass is 10.6. The molecule has 0 spiro atoms. The molecule has 0 saturated heterocycles. The van der Waals surface area contributed by atoms with Gasteiger partial charge in [0, 0.05) is 13.6 Å². The summed E-state index contributed by atoms with van der Waals surface area (Å²) in [6.45, 7) is 2.66. The molecule has 0 aromatic heterocycles. The van der Waals surface area contributed by atoms with Crippen LogP contribution < -0.4 is 5.32 Å². The number of carbonyl (C=O) groups is 1. The van der Waals surface area contributed by atoms with Crippen LogP contribution in [0.2, 0.25) is 0 Å². The normalized spacial score (nSPS) is 8.88. The summed E-state index contributed by atoms with van der Waals surface area (Å²) in [7, 11) is 5.08. The van der Waals surface area contributed by atoms with Crippen LogP contribution in [0.4, 0.5) is 4.79 Å². The largest absolute Gasteiger partial charge is 0.395 e. The van der Waals surface area contributed by atoms with Gasteiger partial charge in [0.1, 0.15) is 0 Å². The van der Waals surface area contributed by atoms with E-state index in [2.05, 4.69) is 7.05 Å². The van der Waals surface area contributed by atoms with Crippen LogP contribution in [0.3, 0.4) is 0 Å². The van der Waals surface area contributed by atoms with Crippen LogP contribution in [0.5, 0.6) is 0 Å². The number of quaternary nitrogens is 1. The van der Waals surface area contributed by atoms with Crippen LogP contribution in [-0.2, 0) is 0 Å². The number of rotatable bonds is 1. The number of amides is 2. The van der Waals surface area contributed by atoms with Crippen molar-refractivity contribution in [2.75, 3.05) is 13.6 Å². The fourth-order valence-electron chi connectivity index (χ4n) is 0.312. The predicted molar refractivity (Wildman–Crippen MR) is 31.0 cm³/mol. The van der Waals surface area contributed by atoms with Crippen molar-refractivity contribution in [2.45, 2.75) is 6.92 Å². The summed E-state index contributed by atoms with van der Waals surface area (Å²) in [4.78, 5) is 12.1. The lowest BCUT2D eigenvalue weighted by molar-refractivity contribution is -0.497. The zero-order chi connectivity index (χ0) is 6.57.